The van der Waals surface area contributed by atoms with Crippen molar-refractivity contribution in [2.45, 2.75) is 30.7 Å². The Balaban J connectivity index is 2.55. The lowest BCUT2D eigenvalue weighted by Gasteiger charge is -2.12. The van der Waals surface area contributed by atoms with E-state index in [1.807, 2.05) is 39.1 Å². The predicted octanol–water partition coefficient (Wildman–Crippen LogP) is 1.86. The van der Waals surface area contributed by atoms with E-state index in [-0.39, 0.29) is 17.7 Å². The summed E-state index contributed by atoms with van der Waals surface area (Å²) in [7, 11) is -1.18. The van der Waals surface area contributed by atoms with E-state index in [1.165, 1.54) is 0 Å². The Morgan fingerprint density at radius 1 is 1.44 bits per heavy atom. The molecular formula is C12H17NO2S. The van der Waals surface area contributed by atoms with Crippen LogP contribution < -0.4 is 5.32 Å². The summed E-state index contributed by atoms with van der Waals surface area (Å²) < 4.78 is 23.8. The van der Waals surface area contributed by atoms with Crippen LogP contribution in [0.2, 0.25) is 0 Å². The van der Waals surface area contributed by atoms with Gasteiger partial charge in [-0.2, -0.15) is 0 Å². The highest BCUT2D eigenvalue weighted by Crippen LogP contribution is 2.35. The molecule has 4 heteroatoms. The van der Waals surface area contributed by atoms with Gasteiger partial charge in [0.25, 0.3) is 0 Å². The highest BCUT2D eigenvalue weighted by atomic mass is 32.2. The normalized spacial score (nSPS) is 24.1. The Hall–Kier alpha value is -0.870. The first-order valence-corrected chi connectivity index (χ1v) is 7.15. The molecule has 1 aromatic carbocycles. The maximum absolute atomic E-state index is 11.9. The predicted molar refractivity (Wildman–Crippen MR) is 64.4 cm³/mol. The van der Waals surface area contributed by atoms with Gasteiger partial charge >= 0.3 is 0 Å². The molecule has 0 saturated heterocycles. The quantitative estimate of drug-likeness (QED) is 0.857. The molecule has 1 aromatic rings. The van der Waals surface area contributed by atoms with Crippen molar-refractivity contribution in [3.8, 4) is 0 Å². The second kappa shape index (κ2) is 3.86. The number of benzene rings is 1. The molecule has 2 atom stereocenters. The first-order valence-electron chi connectivity index (χ1n) is 5.49. The van der Waals surface area contributed by atoms with E-state index in [0.29, 0.717) is 4.90 Å². The topological polar surface area (TPSA) is 46.2 Å². The van der Waals surface area contributed by atoms with Gasteiger partial charge < -0.3 is 5.32 Å². The van der Waals surface area contributed by atoms with E-state index in [9.17, 15) is 8.42 Å². The summed E-state index contributed by atoms with van der Waals surface area (Å²) in [6, 6.07) is 5.96. The number of rotatable bonds is 2. The fraction of sp³-hybridized carbons (Fsp3) is 0.500. The molecule has 0 bridgehead atoms. The SMILES string of the molecule is CNC(C)c1ccc2c(c1)S(=O)(=O)CC2C. The van der Waals surface area contributed by atoms with E-state index < -0.39 is 9.84 Å². The Labute approximate surface area is 96.8 Å². The first kappa shape index (κ1) is 11.6. The van der Waals surface area contributed by atoms with Crippen LogP contribution in [0, 0.1) is 0 Å². The zero-order valence-corrected chi connectivity index (χ0v) is 10.6. The molecule has 0 saturated carbocycles. The molecule has 0 radical (unpaired) electrons. The fourth-order valence-corrected chi connectivity index (χ4v) is 4.13. The van der Waals surface area contributed by atoms with Crippen molar-refractivity contribution in [2.75, 3.05) is 12.8 Å². The average molecular weight is 239 g/mol. The monoisotopic (exact) mass is 239 g/mol. The largest absolute Gasteiger partial charge is 0.313 e. The molecular weight excluding hydrogens is 222 g/mol. The molecule has 1 aliphatic heterocycles. The van der Waals surface area contributed by atoms with Crippen LogP contribution in [-0.4, -0.2) is 21.2 Å². The maximum Gasteiger partial charge on any atom is 0.179 e. The molecule has 0 aromatic heterocycles. The lowest BCUT2D eigenvalue weighted by molar-refractivity contribution is 0.598. The molecule has 88 valence electrons. The van der Waals surface area contributed by atoms with Gasteiger partial charge in [0.2, 0.25) is 0 Å². The molecule has 1 heterocycles. The van der Waals surface area contributed by atoms with Crippen molar-refractivity contribution < 1.29 is 8.42 Å². The summed E-state index contributed by atoms with van der Waals surface area (Å²) in [6.07, 6.45) is 0. The molecule has 16 heavy (non-hydrogen) atoms. The zero-order valence-electron chi connectivity index (χ0n) is 9.82. The molecule has 3 nitrogen and oxygen atoms in total. The Kier molecular flexibility index (Phi) is 2.80. The Morgan fingerprint density at radius 3 is 2.75 bits per heavy atom. The van der Waals surface area contributed by atoms with Crippen molar-refractivity contribution in [1.82, 2.24) is 5.32 Å². The minimum atomic E-state index is -3.05. The number of sulfone groups is 1. The molecule has 1 aliphatic rings. The third-order valence-corrected chi connectivity index (χ3v) is 5.27. The van der Waals surface area contributed by atoms with Gasteiger partial charge in [0, 0.05) is 6.04 Å². The minimum Gasteiger partial charge on any atom is -0.313 e. The van der Waals surface area contributed by atoms with Crippen LogP contribution in [0.3, 0.4) is 0 Å². The summed E-state index contributed by atoms with van der Waals surface area (Å²) in [4.78, 5) is 0.527. The standard InChI is InChI=1S/C12H17NO2S/c1-8-7-16(14,15)12-6-10(9(2)13-3)4-5-11(8)12/h4-6,8-9,13H,7H2,1-3H3. The van der Waals surface area contributed by atoms with Gasteiger partial charge in [-0.25, -0.2) is 8.42 Å². The first-order chi connectivity index (χ1) is 7.45. The van der Waals surface area contributed by atoms with E-state index in [4.69, 9.17) is 0 Å². The molecule has 2 rings (SSSR count). The summed E-state index contributed by atoms with van der Waals surface area (Å²) in [5, 5.41) is 3.12. The Morgan fingerprint density at radius 2 is 2.12 bits per heavy atom. The van der Waals surface area contributed by atoms with Crippen LogP contribution in [0.25, 0.3) is 0 Å². The molecule has 0 fully saturated rings. The lowest BCUT2D eigenvalue weighted by Crippen LogP contribution is -2.12. The summed E-state index contributed by atoms with van der Waals surface area (Å²) in [6.45, 7) is 3.98. The van der Waals surface area contributed by atoms with Crippen molar-refractivity contribution in [1.29, 1.82) is 0 Å². The van der Waals surface area contributed by atoms with Crippen LogP contribution in [0.1, 0.15) is 36.9 Å². The van der Waals surface area contributed by atoms with Crippen molar-refractivity contribution in [3.05, 3.63) is 29.3 Å². The van der Waals surface area contributed by atoms with Crippen LogP contribution in [0.15, 0.2) is 23.1 Å². The zero-order chi connectivity index (χ0) is 11.9. The highest BCUT2D eigenvalue weighted by molar-refractivity contribution is 7.91. The van der Waals surface area contributed by atoms with E-state index in [0.717, 1.165) is 11.1 Å². The lowest BCUT2D eigenvalue weighted by atomic mass is 10.00. The van der Waals surface area contributed by atoms with Gasteiger partial charge in [-0.15, -0.1) is 0 Å². The van der Waals surface area contributed by atoms with Crippen LogP contribution in [0.4, 0.5) is 0 Å². The van der Waals surface area contributed by atoms with Gasteiger partial charge in [-0.3, -0.25) is 0 Å². The third-order valence-electron chi connectivity index (χ3n) is 3.31. The molecule has 2 unspecified atom stereocenters. The van der Waals surface area contributed by atoms with Gasteiger partial charge in [0.1, 0.15) is 0 Å². The van der Waals surface area contributed by atoms with E-state index in [1.54, 1.807) is 0 Å². The Bertz CT molecular complexity index is 508. The number of hydrogen-bond donors (Lipinski definition) is 1. The van der Waals surface area contributed by atoms with E-state index >= 15 is 0 Å². The van der Waals surface area contributed by atoms with Gasteiger partial charge in [0.15, 0.2) is 9.84 Å². The molecule has 0 spiro atoms. The minimum absolute atomic E-state index is 0.124. The summed E-state index contributed by atoms with van der Waals surface area (Å²) in [5.74, 6) is 0.374. The molecule has 0 amide bonds. The number of fused-ring (bicyclic) bond motifs is 1. The number of hydrogen-bond acceptors (Lipinski definition) is 3. The van der Waals surface area contributed by atoms with Crippen molar-refractivity contribution in [2.24, 2.45) is 0 Å². The van der Waals surface area contributed by atoms with Crippen molar-refractivity contribution in [3.63, 3.8) is 0 Å². The van der Waals surface area contributed by atoms with Crippen LogP contribution in [0.5, 0.6) is 0 Å². The maximum atomic E-state index is 11.9. The second-order valence-electron chi connectivity index (χ2n) is 4.49. The van der Waals surface area contributed by atoms with Gasteiger partial charge in [-0.05, 0) is 37.1 Å². The van der Waals surface area contributed by atoms with Crippen LogP contribution >= 0.6 is 0 Å². The number of nitrogens with one attached hydrogen (secondary N) is 1. The smallest absolute Gasteiger partial charge is 0.179 e. The highest BCUT2D eigenvalue weighted by Gasteiger charge is 2.32. The van der Waals surface area contributed by atoms with E-state index in [2.05, 4.69) is 5.32 Å². The average Bonchev–Trinajstić information content (AvgIpc) is 2.48. The summed E-state index contributed by atoms with van der Waals surface area (Å²) in [5.41, 5.74) is 1.99. The second-order valence-corrected chi connectivity index (χ2v) is 6.49. The molecule has 0 aliphatic carbocycles. The van der Waals surface area contributed by atoms with Crippen LogP contribution in [-0.2, 0) is 9.84 Å². The van der Waals surface area contributed by atoms with Gasteiger partial charge in [-0.1, -0.05) is 19.1 Å². The third kappa shape index (κ3) is 1.76. The van der Waals surface area contributed by atoms with Crippen molar-refractivity contribution >= 4 is 9.84 Å². The molecule has 1 N–H and O–H groups in total. The van der Waals surface area contributed by atoms with Gasteiger partial charge in [0.05, 0.1) is 10.6 Å². The summed E-state index contributed by atoms with van der Waals surface area (Å²) >= 11 is 0. The fourth-order valence-electron chi connectivity index (χ4n) is 2.17.